The van der Waals surface area contributed by atoms with E-state index in [1.165, 1.54) is 37.8 Å². The standard InChI is InChI=1S/C15H18Br2ClF/c16-9-15(10-17,12-3-1-2-4-12)8-11-5-6-13(19)7-14(11)18/h5-7,12H,1-4,8-10H2. The van der Waals surface area contributed by atoms with Crippen LogP contribution in [0, 0.1) is 17.2 Å². The Morgan fingerprint density at radius 2 is 1.84 bits per heavy atom. The second kappa shape index (κ2) is 6.91. The Kier molecular flexibility index (Phi) is 5.74. The van der Waals surface area contributed by atoms with Crippen LogP contribution in [0.15, 0.2) is 18.2 Å². The van der Waals surface area contributed by atoms with Gasteiger partial charge in [0.25, 0.3) is 0 Å². The minimum Gasteiger partial charge on any atom is -0.207 e. The summed E-state index contributed by atoms with van der Waals surface area (Å²) in [5.74, 6) is 0.449. The van der Waals surface area contributed by atoms with E-state index in [9.17, 15) is 4.39 Å². The number of alkyl halides is 2. The van der Waals surface area contributed by atoms with Gasteiger partial charge < -0.3 is 0 Å². The maximum atomic E-state index is 13.1. The summed E-state index contributed by atoms with van der Waals surface area (Å²) >= 11 is 13.6. The van der Waals surface area contributed by atoms with Crippen LogP contribution in [0.25, 0.3) is 0 Å². The summed E-state index contributed by atoms with van der Waals surface area (Å²) < 4.78 is 13.1. The van der Waals surface area contributed by atoms with Gasteiger partial charge in [0.1, 0.15) is 5.82 Å². The third-order valence-electron chi connectivity index (χ3n) is 4.31. The summed E-state index contributed by atoms with van der Waals surface area (Å²) in [6, 6.07) is 4.74. The zero-order valence-electron chi connectivity index (χ0n) is 10.8. The summed E-state index contributed by atoms with van der Waals surface area (Å²) in [6.45, 7) is 0. The predicted octanol–water partition coefficient (Wildman–Crippen LogP) is 5.99. The van der Waals surface area contributed by atoms with Gasteiger partial charge in [-0.3, -0.25) is 0 Å². The molecule has 1 aromatic carbocycles. The molecule has 106 valence electrons. The van der Waals surface area contributed by atoms with Crippen molar-refractivity contribution in [3.63, 3.8) is 0 Å². The summed E-state index contributed by atoms with van der Waals surface area (Å²) in [5.41, 5.74) is 1.23. The van der Waals surface area contributed by atoms with Gasteiger partial charge in [-0.2, -0.15) is 0 Å². The van der Waals surface area contributed by atoms with Crippen molar-refractivity contribution in [2.75, 3.05) is 10.7 Å². The molecule has 0 unspecified atom stereocenters. The summed E-state index contributed by atoms with van der Waals surface area (Å²) in [7, 11) is 0. The van der Waals surface area contributed by atoms with Crippen LogP contribution in [0.5, 0.6) is 0 Å². The number of benzene rings is 1. The van der Waals surface area contributed by atoms with Crippen LogP contribution in [-0.2, 0) is 6.42 Å². The van der Waals surface area contributed by atoms with Crippen LogP contribution in [-0.4, -0.2) is 10.7 Å². The Morgan fingerprint density at radius 3 is 2.37 bits per heavy atom. The lowest BCUT2D eigenvalue weighted by molar-refractivity contribution is 0.233. The highest BCUT2D eigenvalue weighted by molar-refractivity contribution is 9.09. The number of hydrogen-bond acceptors (Lipinski definition) is 0. The lowest BCUT2D eigenvalue weighted by Gasteiger charge is -2.37. The number of hydrogen-bond donors (Lipinski definition) is 0. The molecule has 0 heterocycles. The van der Waals surface area contributed by atoms with Crippen molar-refractivity contribution in [2.45, 2.75) is 32.1 Å². The maximum absolute atomic E-state index is 13.1. The van der Waals surface area contributed by atoms with Crippen molar-refractivity contribution < 1.29 is 4.39 Å². The molecule has 1 aromatic rings. The Morgan fingerprint density at radius 1 is 1.21 bits per heavy atom. The average Bonchev–Trinajstić information content (AvgIpc) is 2.93. The van der Waals surface area contributed by atoms with Crippen molar-refractivity contribution in [3.05, 3.63) is 34.6 Å². The zero-order chi connectivity index (χ0) is 13.9. The summed E-state index contributed by atoms with van der Waals surface area (Å²) in [4.78, 5) is 0. The molecule has 0 N–H and O–H groups in total. The van der Waals surface area contributed by atoms with Crippen molar-refractivity contribution in [2.24, 2.45) is 11.3 Å². The van der Waals surface area contributed by atoms with Crippen LogP contribution >= 0.6 is 43.5 Å². The molecule has 0 amide bonds. The van der Waals surface area contributed by atoms with Gasteiger partial charge in [0.05, 0.1) is 0 Å². The quantitative estimate of drug-likeness (QED) is 0.521. The van der Waals surface area contributed by atoms with Crippen LogP contribution in [0.4, 0.5) is 4.39 Å². The highest BCUT2D eigenvalue weighted by Crippen LogP contribution is 2.45. The molecular formula is C15H18Br2ClF. The lowest BCUT2D eigenvalue weighted by atomic mass is 9.73. The number of rotatable bonds is 5. The Balaban J connectivity index is 2.24. The first kappa shape index (κ1) is 15.8. The summed E-state index contributed by atoms with van der Waals surface area (Å²) in [6.07, 6.45) is 6.12. The first-order valence-corrected chi connectivity index (χ1v) is 9.29. The fourth-order valence-electron chi connectivity index (χ4n) is 3.08. The first-order chi connectivity index (χ1) is 9.11. The smallest absolute Gasteiger partial charge is 0.124 e. The normalized spacial score (nSPS) is 17.1. The Hall–Kier alpha value is 0.400. The van der Waals surface area contributed by atoms with E-state index in [0.29, 0.717) is 10.9 Å². The Labute approximate surface area is 136 Å². The summed E-state index contributed by atoms with van der Waals surface area (Å²) in [5, 5.41) is 2.44. The molecule has 0 spiro atoms. The molecule has 1 aliphatic rings. The molecule has 1 fully saturated rings. The molecule has 0 radical (unpaired) electrons. The third-order valence-corrected chi connectivity index (χ3v) is 6.90. The van der Waals surface area contributed by atoms with Gasteiger partial charge in [-0.15, -0.1) is 0 Å². The fourth-order valence-corrected chi connectivity index (χ4v) is 5.55. The first-order valence-electron chi connectivity index (χ1n) is 6.67. The van der Waals surface area contributed by atoms with Gasteiger partial charge in [-0.25, -0.2) is 4.39 Å². The minimum absolute atomic E-state index is 0.179. The van der Waals surface area contributed by atoms with Crippen LogP contribution in [0.1, 0.15) is 31.2 Å². The van der Waals surface area contributed by atoms with Crippen LogP contribution in [0.2, 0.25) is 5.02 Å². The van der Waals surface area contributed by atoms with E-state index in [-0.39, 0.29) is 11.2 Å². The highest BCUT2D eigenvalue weighted by Gasteiger charge is 2.38. The second-order valence-corrected chi connectivity index (χ2v) is 7.05. The molecule has 1 saturated carbocycles. The van der Waals surface area contributed by atoms with Crippen LogP contribution in [0.3, 0.4) is 0 Å². The molecule has 0 nitrogen and oxygen atoms in total. The van der Waals surface area contributed by atoms with E-state index < -0.39 is 0 Å². The van der Waals surface area contributed by atoms with Gasteiger partial charge in [-0.1, -0.05) is 62.4 Å². The van der Waals surface area contributed by atoms with Gasteiger partial charge in [0.15, 0.2) is 0 Å². The van der Waals surface area contributed by atoms with Gasteiger partial charge in [0, 0.05) is 15.7 Å². The highest BCUT2D eigenvalue weighted by atomic mass is 79.9. The molecule has 0 aromatic heterocycles. The molecule has 2 rings (SSSR count). The molecule has 0 bridgehead atoms. The molecule has 19 heavy (non-hydrogen) atoms. The van der Waals surface area contributed by atoms with E-state index in [0.717, 1.165) is 22.6 Å². The second-order valence-electron chi connectivity index (χ2n) is 5.52. The van der Waals surface area contributed by atoms with Gasteiger partial charge >= 0.3 is 0 Å². The van der Waals surface area contributed by atoms with Crippen molar-refractivity contribution in [3.8, 4) is 0 Å². The molecular weight excluding hydrogens is 394 g/mol. The monoisotopic (exact) mass is 410 g/mol. The third kappa shape index (κ3) is 3.54. The lowest BCUT2D eigenvalue weighted by Crippen LogP contribution is -2.35. The molecule has 4 heteroatoms. The molecule has 0 atom stereocenters. The molecule has 0 saturated heterocycles. The topological polar surface area (TPSA) is 0 Å². The van der Waals surface area contributed by atoms with Crippen molar-refractivity contribution in [1.82, 2.24) is 0 Å². The van der Waals surface area contributed by atoms with Crippen molar-refractivity contribution >= 4 is 43.5 Å². The average molecular weight is 413 g/mol. The molecule has 1 aliphatic carbocycles. The fraction of sp³-hybridized carbons (Fsp3) is 0.600. The van der Waals surface area contributed by atoms with Gasteiger partial charge in [0.2, 0.25) is 0 Å². The van der Waals surface area contributed by atoms with Crippen molar-refractivity contribution in [1.29, 1.82) is 0 Å². The van der Waals surface area contributed by atoms with E-state index in [4.69, 9.17) is 11.6 Å². The van der Waals surface area contributed by atoms with Gasteiger partial charge in [-0.05, 0) is 48.3 Å². The van der Waals surface area contributed by atoms with E-state index >= 15 is 0 Å². The largest absolute Gasteiger partial charge is 0.207 e. The van der Waals surface area contributed by atoms with E-state index in [1.54, 1.807) is 0 Å². The molecule has 0 aliphatic heterocycles. The van der Waals surface area contributed by atoms with Crippen LogP contribution < -0.4 is 0 Å². The SMILES string of the molecule is Fc1ccc(CC(CBr)(CBr)C2CCCC2)c(Cl)c1. The maximum Gasteiger partial charge on any atom is 0.124 e. The van der Waals surface area contributed by atoms with E-state index in [1.807, 2.05) is 6.07 Å². The minimum atomic E-state index is -0.266. The predicted molar refractivity (Wildman–Crippen MR) is 87.1 cm³/mol. The Bertz CT molecular complexity index is 426. The zero-order valence-corrected chi connectivity index (χ0v) is 14.7. The number of halogens is 4. The van der Waals surface area contributed by atoms with E-state index in [2.05, 4.69) is 31.9 Å².